The second-order valence-electron chi connectivity index (χ2n) is 3.51. The summed E-state index contributed by atoms with van der Waals surface area (Å²) in [5.41, 5.74) is 0.712. The number of aromatic nitrogens is 2. The highest BCUT2D eigenvalue weighted by Gasteiger charge is 2.11. The van der Waals surface area contributed by atoms with Gasteiger partial charge in [-0.25, -0.2) is 4.79 Å². The van der Waals surface area contributed by atoms with Crippen LogP contribution >= 0.6 is 23.1 Å². The molecule has 0 unspecified atom stereocenters. The van der Waals surface area contributed by atoms with E-state index >= 15 is 0 Å². The Labute approximate surface area is 118 Å². The molecule has 3 N–H and O–H groups in total. The summed E-state index contributed by atoms with van der Waals surface area (Å²) in [5.74, 6) is 0.466. The highest BCUT2D eigenvalue weighted by Crippen LogP contribution is 2.27. The van der Waals surface area contributed by atoms with E-state index in [2.05, 4.69) is 20.0 Å². The molecule has 0 aliphatic heterocycles. The lowest BCUT2D eigenvalue weighted by atomic mass is 10.2. The molecule has 8 heteroatoms. The number of halogens is 1. The molecule has 1 aromatic heterocycles. The lowest BCUT2D eigenvalue weighted by Crippen LogP contribution is -2.30. The van der Waals surface area contributed by atoms with Gasteiger partial charge < -0.3 is 10.4 Å². The van der Waals surface area contributed by atoms with Crippen molar-refractivity contribution in [1.82, 2.24) is 14.7 Å². The molecular weight excluding hydrogens is 288 g/mol. The van der Waals surface area contributed by atoms with Crippen molar-refractivity contribution >= 4 is 34.3 Å². The van der Waals surface area contributed by atoms with Crippen LogP contribution in [0, 0.1) is 0 Å². The van der Waals surface area contributed by atoms with Crippen molar-refractivity contribution in [2.24, 2.45) is 0 Å². The predicted octanol–water partition coefficient (Wildman–Crippen LogP) is 1.97. The van der Waals surface area contributed by atoms with Crippen molar-refractivity contribution in [3.63, 3.8) is 0 Å². The van der Waals surface area contributed by atoms with Gasteiger partial charge in [0.1, 0.15) is 0 Å². The quantitative estimate of drug-likeness (QED) is 0.805. The van der Waals surface area contributed by atoms with E-state index in [0.717, 1.165) is 11.5 Å². The Balaban J connectivity index is 2.07. The third-order valence-corrected chi connectivity index (χ3v) is 3.12. The molecule has 2 amide bonds. The smallest absolute Gasteiger partial charge is 0.321 e. The number of rotatable bonds is 4. The van der Waals surface area contributed by atoms with Crippen LogP contribution in [-0.2, 0) is 0 Å². The lowest BCUT2D eigenvalue weighted by Gasteiger charge is -2.02. The Bertz CT molecular complexity index is 575. The number of benzene rings is 1. The van der Waals surface area contributed by atoms with Crippen LogP contribution < -0.4 is 10.6 Å². The van der Waals surface area contributed by atoms with Crippen LogP contribution in [0.4, 0.5) is 9.93 Å². The van der Waals surface area contributed by atoms with Crippen molar-refractivity contribution in [3.8, 4) is 11.4 Å². The van der Waals surface area contributed by atoms with E-state index in [0.29, 0.717) is 21.5 Å². The summed E-state index contributed by atoms with van der Waals surface area (Å²) < 4.78 is 4.13. The molecule has 0 atom stereocenters. The molecule has 19 heavy (non-hydrogen) atoms. The van der Waals surface area contributed by atoms with Crippen molar-refractivity contribution in [2.75, 3.05) is 18.5 Å². The third kappa shape index (κ3) is 3.63. The second-order valence-corrected chi connectivity index (χ2v) is 4.67. The first-order chi connectivity index (χ1) is 9.20. The van der Waals surface area contributed by atoms with Crippen LogP contribution in [0.3, 0.4) is 0 Å². The summed E-state index contributed by atoms with van der Waals surface area (Å²) in [6.45, 7) is 0.0659. The SMILES string of the molecule is O=C(NCCO)Nc1nc(-c2ccccc2Cl)ns1. The van der Waals surface area contributed by atoms with Gasteiger partial charge >= 0.3 is 6.03 Å². The minimum atomic E-state index is -0.434. The van der Waals surface area contributed by atoms with Gasteiger partial charge in [0.05, 0.1) is 11.6 Å². The van der Waals surface area contributed by atoms with E-state index in [1.54, 1.807) is 12.1 Å². The first kappa shape index (κ1) is 13.7. The largest absolute Gasteiger partial charge is 0.395 e. The first-order valence-electron chi connectivity index (χ1n) is 5.45. The highest BCUT2D eigenvalue weighted by atomic mass is 35.5. The fourth-order valence-corrected chi connectivity index (χ4v) is 2.13. The zero-order valence-corrected chi connectivity index (χ0v) is 11.3. The summed E-state index contributed by atoms with van der Waals surface area (Å²) in [4.78, 5) is 15.5. The average molecular weight is 299 g/mol. The molecule has 100 valence electrons. The number of nitrogens with one attached hydrogen (secondary N) is 2. The number of hydrogen-bond donors (Lipinski definition) is 3. The van der Waals surface area contributed by atoms with E-state index < -0.39 is 6.03 Å². The Morgan fingerprint density at radius 3 is 2.95 bits per heavy atom. The molecule has 6 nitrogen and oxygen atoms in total. The zero-order chi connectivity index (χ0) is 13.7. The average Bonchev–Trinajstić information content (AvgIpc) is 2.85. The lowest BCUT2D eigenvalue weighted by molar-refractivity contribution is 0.245. The fourth-order valence-electron chi connectivity index (χ4n) is 1.34. The summed E-state index contributed by atoms with van der Waals surface area (Å²) in [5, 5.41) is 14.5. The molecule has 1 heterocycles. The molecule has 1 aromatic carbocycles. The Morgan fingerprint density at radius 1 is 1.42 bits per heavy atom. The van der Waals surface area contributed by atoms with E-state index in [9.17, 15) is 4.79 Å². The maximum atomic E-state index is 11.4. The van der Waals surface area contributed by atoms with Gasteiger partial charge in [0.25, 0.3) is 0 Å². The molecule has 0 saturated carbocycles. The van der Waals surface area contributed by atoms with E-state index in [4.69, 9.17) is 16.7 Å². The van der Waals surface area contributed by atoms with Crippen molar-refractivity contribution in [3.05, 3.63) is 29.3 Å². The molecule has 0 aliphatic rings. The van der Waals surface area contributed by atoms with Gasteiger partial charge in [0.15, 0.2) is 5.82 Å². The second kappa shape index (κ2) is 6.46. The van der Waals surface area contributed by atoms with Gasteiger partial charge in [0.2, 0.25) is 5.13 Å². The Morgan fingerprint density at radius 2 is 2.21 bits per heavy atom. The summed E-state index contributed by atoms with van der Waals surface area (Å²) >= 11 is 7.10. The van der Waals surface area contributed by atoms with Gasteiger partial charge in [-0.05, 0) is 12.1 Å². The van der Waals surface area contributed by atoms with Gasteiger partial charge in [-0.15, -0.1) is 0 Å². The molecule has 0 bridgehead atoms. The number of hydrogen-bond acceptors (Lipinski definition) is 5. The van der Waals surface area contributed by atoms with Crippen LogP contribution in [0.2, 0.25) is 5.02 Å². The molecule has 0 radical (unpaired) electrons. The number of nitrogens with zero attached hydrogens (tertiary/aromatic N) is 2. The number of carbonyl (C=O) groups is 1. The monoisotopic (exact) mass is 298 g/mol. The maximum absolute atomic E-state index is 11.4. The van der Waals surface area contributed by atoms with E-state index in [-0.39, 0.29) is 13.2 Å². The molecule has 2 rings (SSSR count). The van der Waals surface area contributed by atoms with Crippen LogP contribution in [0.15, 0.2) is 24.3 Å². The third-order valence-electron chi connectivity index (χ3n) is 2.16. The van der Waals surface area contributed by atoms with Gasteiger partial charge in [-0.2, -0.15) is 9.36 Å². The van der Waals surface area contributed by atoms with E-state index in [1.165, 1.54) is 0 Å². The number of aliphatic hydroxyl groups is 1. The summed E-state index contributed by atoms with van der Waals surface area (Å²) in [6.07, 6.45) is 0. The first-order valence-corrected chi connectivity index (χ1v) is 6.60. The predicted molar refractivity (Wildman–Crippen MR) is 74.5 cm³/mol. The van der Waals surface area contributed by atoms with Crippen LogP contribution in [0.25, 0.3) is 11.4 Å². The number of carbonyl (C=O) groups excluding carboxylic acids is 1. The number of aliphatic hydroxyl groups excluding tert-OH is 1. The molecule has 0 saturated heterocycles. The van der Waals surface area contributed by atoms with Crippen LogP contribution in [0.1, 0.15) is 0 Å². The number of anilines is 1. The number of urea groups is 1. The maximum Gasteiger partial charge on any atom is 0.321 e. The topological polar surface area (TPSA) is 87.1 Å². The molecule has 0 aliphatic carbocycles. The zero-order valence-electron chi connectivity index (χ0n) is 9.76. The minimum Gasteiger partial charge on any atom is -0.395 e. The Hall–Kier alpha value is -1.70. The highest BCUT2D eigenvalue weighted by molar-refractivity contribution is 7.10. The number of amides is 2. The molecule has 2 aromatic rings. The van der Waals surface area contributed by atoms with E-state index in [1.807, 2.05) is 12.1 Å². The van der Waals surface area contributed by atoms with Gasteiger partial charge in [-0.1, -0.05) is 23.7 Å². The minimum absolute atomic E-state index is 0.117. The van der Waals surface area contributed by atoms with Gasteiger partial charge in [0, 0.05) is 23.6 Å². The molecule has 0 fully saturated rings. The summed E-state index contributed by atoms with van der Waals surface area (Å²) in [6, 6.07) is 6.78. The normalized spacial score (nSPS) is 10.2. The Kier molecular flexibility index (Phi) is 4.67. The van der Waals surface area contributed by atoms with Crippen molar-refractivity contribution < 1.29 is 9.90 Å². The van der Waals surface area contributed by atoms with Gasteiger partial charge in [-0.3, -0.25) is 5.32 Å². The van der Waals surface area contributed by atoms with Crippen LogP contribution in [0.5, 0.6) is 0 Å². The summed E-state index contributed by atoms with van der Waals surface area (Å²) in [7, 11) is 0. The van der Waals surface area contributed by atoms with Crippen molar-refractivity contribution in [1.29, 1.82) is 0 Å². The fraction of sp³-hybridized carbons (Fsp3) is 0.182. The van der Waals surface area contributed by atoms with Crippen molar-refractivity contribution in [2.45, 2.75) is 0 Å². The molecular formula is C11H11ClN4O2S. The standard InChI is InChI=1S/C11H11ClN4O2S/c12-8-4-2-1-3-7(8)9-14-11(19-16-9)15-10(18)13-5-6-17/h1-4,17H,5-6H2,(H2,13,14,15,16,18). The molecule has 0 spiro atoms. The van der Waals surface area contributed by atoms with Crippen LogP contribution in [-0.4, -0.2) is 33.6 Å².